The van der Waals surface area contributed by atoms with E-state index in [2.05, 4.69) is 15.3 Å². The smallest absolute Gasteiger partial charge is 0.356 e. The van der Waals surface area contributed by atoms with Crippen LogP contribution in [0.1, 0.15) is 31.3 Å². The maximum atomic E-state index is 10.7. The van der Waals surface area contributed by atoms with Crippen LogP contribution in [0.2, 0.25) is 0 Å². The molecule has 1 atom stereocenters. The van der Waals surface area contributed by atoms with Gasteiger partial charge in [-0.05, 0) is 20.8 Å². The molecule has 6 nitrogen and oxygen atoms in total. The number of anilines is 1. The zero-order chi connectivity index (χ0) is 12.3. The summed E-state index contributed by atoms with van der Waals surface area (Å²) in [6.45, 7) is 5.21. The molecule has 0 radical (unpaired) electrons. The molecule has 1 aromatic rings. The number of hydrogen-bond acceptors (Lipinski definition) is 5. The summed E-state index contributed by atoms with van der Waals surface area (Å²) in [5.74, 6) is -0.809. The van der Waals surface area contributed by atoms with E-state index in [0.29, 0.717) is 5.82 Å². The Balaban J connectivity index is 2.90. The van der Waals surface area contributed by atoms with Crippen LogP contribution in [0.15, 0.2) is 12.4 Å². The van der Waals surface area contributed by atoms with Gasteiger partial charge >= 0.3 is 5.97 Å². The van der Waals surface area contributed by atoms with Gasteiger partial charge in [0.25, 0.3) is 0 Å². The van der Waals surface area contributed by atoms with Gasteiger partial charge in [-0.25, -0.2) is 9.78 Å². The van der Waals surface area contributed by atoms with Crippen molar-refractivity contribution >= 4 is 11.8 Å². The number of aliphatic hydroxyl groups is 1. The summed E-state index contributed by atoms with van der Waals surface area (Å²) >= 11 is 0. The van der Waals surface area contributed by atoms with E-state index in [9.17, 15) is 9.90 Å². The van der Waals surface area contributed by atoms with Crippen molar-refractivity contribution in [3.05, 3.63) is 18.1 Å². The Morgan fingerprint density at radius 3 is 2.62 bits per heavy atom. The lowest BCUT2D eigenvalue weighted by Crippen LogP contribution is -2.42. The number of aliphatic hydroxyl groups excluding tert-OH is 1. The highest BCUT2D eigenvalue weighted by Crippen LogP contribution is 2.15. The van der Waals surface area contributed by atoms with E-state index in [1.165, 1.54) is 12.4 Å². The molecule has 6 heteroatoms. The second kappa shape index (κ2) is 4.44. The van der Waals surface area contributed by atoms with E-state index in [-0.39, 0.29) is 5.69 Å². The van der Waals surface area contributed by atoms with E-state index in [4.69, 9.17) is 5.11 Å². The first-order valence-corrected chi connectivity index (χ1v) is 4.84. The highest BCUT2D eigenvalue weighted by molar-refractivity contribution is 5.85. The minimum atomic E-state index is -1.13. The van der Waals surface area contributed by atoms with Crippen LogP contribution in [-0.2, 0) is 0 Å². The fourth-order valence-corrected chi connectivity index (χ4v) is 0.964. The van der Waals surface area contributed by atoms with Crippen molar-refractivity contribution in [2.45, 2.75) is 32.4 Å². The number of carbonyl (C=O) groups is 1. The van der Waals surface area contributed by atoms with E-state index >= 15 is 0 Å². The van der Waals surface area contributed by atoms with Crippen molar-refractivity contribution in [2.24, 2.45) is 0 Å². The predicted octanol–water partition coefficient (Wildman–Crippen LogP) is 0.746. The van der Waals surface area contributed by atoms with Crippen LogP contribution in [0.4, 0.5) is 5.82 Å². The Labute approximate surface area is 93.4 Å². The molecule has 88 valence electrons. The molecule has 1 rings (SSSR count). The summed E-state index contributed by atoms with van der Waals surface area (Å²) in [5, 5.41) is 21.2. The third-order valence-electron chi connectivity index (χ3n) is 2.35. The van der Waals surface area contributed by atoms with E-state index < -0.39 is 17.6 Å². The molecule has 1 aromatic heterocycles. The van der Waals surface area contributed by atoms with Gasteiger partial charge in [-0.15, -0.1) is 0 Å². The molecule has 0 amide bonds. The molecule has 0 aliphatic rings. The van der Waals surface area contributed by atoms with Gasteiger partial charge < -0.3 is 15.5 Å². The van der Waals surface area contributed by atoms with Gasteiger partial charge in [-0.2, -0.15) is 0 Å². The summed E-state index contributed by atoms with van der Waals surface area (Å²) in [5.41, 5.74) is -0.738. The number of hydrogen-bond donors (Lipinski definition) is 3. The van der Waals surface area contributed by atoms with E-state index in [1.54, 1.807) is 20.8 Å². The molecule has 0 fully saturated rings. The van der Waals surface area contributed by atoms with Crippen molar-refractivity contribution in [1.29, 1.82) is 0 Å². The minimum Gasteiger partial charge on any atom is -0.476 e. The molecule has 0 aliphatic heterocycles. The van der Waals surface area contributed by atoms with Crippen LogP contribution < -0.4 is 5.32 Å². The lowest BCUT2D eigenvalue weighted by molar-refractivity contribution is 0.0690. The van der Waals surface area contributed by atoms with Gasteiger partial charge in [-0.1, -0.05) is 0 Å². The Bertz CT molecular complexity index is 391. The third kappa shape index (κ3) is 2.90. The first kappa shape index (κ1) is 12.4. The normalized spacial score (nSPS) is 13.2. The number of nitrogens with one attached hydrogen (secondary N) is 1. The fourth-order valence-electron chi connectivity index (χ4n) is 0.964. The second-order valence-corrected chi connectivity index (χ2v) is 4.12. The highest BCUT2D eigenvalue weighted by Gasteiger charge is 2.24. The Kier molecular flexibility index (Phi) is 3.44. The SMILES string of the molecule is CC(O)C(C)(C)Nc1cncc(C(=O)O)n1. The summed E-state index contributed by atoms with van der Waals surface area (Å²) in [6.07, 6.45) is 1.97. The molecule has 3 N–H and O–H groups in total. The van der Waals surface area contributed by atoms with Crippen LogP contribution in [0, 0.1) is 0 Å². The number of carboxylic acids is 1. The summed E-state index contributed by atoms with van der Waals surface area (Å²) < 4.78 is 0. The van der Waals surface area contributed by atoms with Gasteiger partial charge in [0.2, 0.25) is 0 Å². The Morgan fingerprint density at radius 2 is 2.12 bits per heavy atom. The van der Waals surface area contributed by atoms with Gasteiger partial charge in [0.15, 0.2) is 5.69 Å². The van der Waals surface area contributed by atoms with Crippen LogP contribution in [-0.4, -0.2) is 37.8 Å². The van der Waals surface area contributed by atoms with Crippen molar-refractivity contribution < 1.29 is 15.0 Å². The molecule has 1 heterocycles. The van der Waals surface area contributed by atoms with Crippen LogP contribution in [0.5, 0.6) is 0 Å². The van der Waals surface area contributed by atoms with Crippen molar-refractivity contribution in [2.75, 3.05) is 5.32 Å². The number of carboxylic acid groups (broad SMARTS) is 1. The number of rotatable bonds is 4. The molecule has 0 saturated carbocycles. The molecular formula is C10H15N3O3. The molecule has 0 aromatic carbocycles. The first-order valence-electron chi connectivity index (χ1n) is 4.84. The Hall–Kier alpha value is -1.69. The molecule has 0 spiro atoms. The lowest BCUT2D eigenvalue weighted by Gasteiger charge is -2.29. The molecule has 0 aliphatic carbocycles. The van der Waals surface area contributed by atoms with Crippen LogP contribution >= 0.6 is 0 Å². The fraction of sp³-hybridized carbons (Fsp3) is 0.500. The van der Waals surface area contributed by atoms with Crippen molar-refractivity contribution in [1.82, 2.24) is 9.97 Å². The van der Waals surface area contributed by atoms with Gasteiger partial charge in [0.05, 0.1) is 24.0 Å². The van der Waals surface area contributed by atoms with Crippen molar-refractivity contribution in [3.63, 3.8) is 0 Å². The van der Waals surface area contributed by atoms with Crippen molar-refractivity contribution in [3.8, 4) is 0 Å². The second-order valence-electron chi connectivity index (χ2n) is 4.12. The van der Waals surface area contributed by atoms with Gasteiger partial charge in [-0.3, -0.25) is 4.98 Å². The van der Waals surface area contributed by atoms with Gasteiger partial charge in [0.1, 0.15) is 5.82 Å². The first-order chi connectivity index (χ1) is 7.33. The minimum absolute atomic E-state index is 0.133. The predicted molar refractivity (Wildman–Crippen MR) is 58.4 cm³/mol. The van der Waals surface area contributed by atoms with E-state index in [1.807, 2.05) is 0 Å². The van der Waals surface area contributed by atoms with Crippen LogP contribution in [0.25, 0.3) is 0 Å². The van der Waals surface area contributed by atoms with Crippen LogP contribution in [0.3, 0.4) is 0 Å². The zero-order valence-corrected chi connectivity index (χ0v) is 9.43. The Morgan fingerprint density at radius 1 is 1.50 bits per heavy atom. The molecule has 0 bridgehead atoms. The highest BCUT2D eigenvalue weighted by atomic mass is 16.4. The quantitative estimate of drug-likeness (QED) is 0.699. The maximum Gasteiger partial charge on any atom is 0.356 e. The molecular weight excluding hydrogens is 210 g/mol. The average molecular weight is 225 g/mol. The number of aromatic carboxylic acids is 1. The molecule has 1 unspecified atom stereocenters. The molecule has 16 heavy (non-hydrogen) atoms. The van der Waals surface area contributed by atoms with E-state index in [0.717, 1.165) is 0 Å². The standard InChI is InChI=1S/C10H15N3O3/c1-6(14)10(2,3)13-8-5-11-4-7(12-8)9(15)16/h4-6,14H,1-3H3,(H,12,13)(H,15,16). The number of aromatic nitrogens is 2. The maximum absolute atomic E-state index is 10.7. The third-order valence-corrected chi connectivity index (χ3v) is 2.35. The average Bonchev–Trinajstić information content (AvgIpc) is 2.17. The monoisotopic (exact) mass is 225 g/mol. The largest absolute Gasteiger partial charge is 0.476 e. The lowest BCUT2D eigenvalue weighted by atomic mass is 9.99. The topological polar surface area (TPSA) is 95.3 Å². The summed E-state index contributed by atoms with van der Waals surface area (Å²) in [6, 6.07) is 0. The summed E-state index contributed by atoms with van der Waals surface area (Å²) in [7, 11) is 0. The summed E-state index contributed by atoms with van der Waals surface area (Å²) in [4.78, 5) is 18.3. The number of nitrogens with zero attached hydrogens (tertiary/aromatic N) is 2. The molecule has 0 saturated heterocycles. The van der Waals surface area contributed by atoms with Gasteiger partial charge in [0, 0.05) is 0 Å². The zero-order valence-electron chi connectivity index (χ0n) is 9.43.